The molecule has 1 aliphatic rings. The minimum atomic E-state index is -4.11. The molecule has 0 fully saturated rings. The summed E-state index contributed by atoms with van der Waals surface area (Å²) in [6.45, 7) is 2.12. The summed E-state index contributed by atoms with van der Waals surface area (Å²) in [7, 11) is 4.09. The monoisotopic (exact) mass is 655 g/mol. The maximum atomic E-state index is 13.9. The Morgan fingerprint density at radius 2 is 1.62 bits per heavy atom. The first-order valence-corrected chi connectivity index (χ1v) is 16.9. The van der Waals surface area contributed by atoms with Gasteiger partial charge in [-0.2, -0.15) is 0 Å². The molecule has 0 saturated heterocycles. The topological polar surface area (TPSA) is 105 Å². The number of hydrogen-bond acceptors (Lipinski definition) is 6. The molecule has 246 valence electrons. The highest BCUT2D eigenvalue weighted by Crippen LogP contribution is 2.40. The van der Waals surface area contributed by atoms with Gasteiger partial charge < -0.3 is 19.3 Å². The number of ether oxygens (including phenoxy) is 2. The lowest BCUT2D eigenvalue weighted by Crippen LogP contribution is -2.38. The molecule has 9 nitrogen and oxygen atoms in total. The number of anilines is 1. The van der Waals surface area contributed by atoms with Crippen LogP contribution in [-0.4, -0.2) is 65.4 Å². The molecule has 0 aromatic heterocycles. The van der Waals surface area contributed by atoms with Crippen molar-refractivity contribution >= 4 is 27.5 Å². The summed E-state index contributed by atoms with van der Waals surface area (Å²) in [6.07, 6.45) is 1.97. The molecular weight excluding hydrogens is 614 g/mol. The van der Waals surface area contributed by atoms with Crippen molar-refractivity contribution < 1.29 is 27.5 Å². The Balaban J connectivity index is 1.44. The number of carbonyl (C=O) groups is 2. The van der Waals surface area contributed by atoms with Gasteiger partial charge in [0.15, 0.2) is 0 Å². The third-order valence-electron chi connectivity index (χ3n) is 8.73. The Morgan fingerprint density at radius 1 is 0.872 bits per heavy atom. The first kappa shape index (κ1) is 33.5. The van der Waals surface area contributed by atoms with Crippen LogP contribution in [0.15, 0.2) is 89.8 Å². The van der Waals surface area contributed by atoms with E-state index in [-0.39, 0.29) is 40.8 Å². The van der Waals surface area contributed by atoms with Crippen LogP contribution in [0.3, 0.4) is 0 Å². The third-order valence-corrected chi connectivity index (χ3v) is 10.1. The van der Waals surface area contributed by atoms with Crippen LogP contribution in [0, 0.1) is 5.92 Å². The van der Waals surface area contributed by atoms with E-state index in [4.69, 9.17) is 9.47 Å². The van der Waals surface area contributed by atoms with E-state index in [9.17, 15) is 18.0 Å². The number of fused-ring (bicyclic) bond motifs is 1. The second-order valence-electron chi connectivity index (χ2n) is 12.2. The Labute approximate surface area is 277 Å². The summed E-state index contributed by atoms with van der Waals surface area (Å²) in [4.78, 5) is 29.3. The Kier molecular flexibility index (Phi) is 9.91. The summed E-state index contributed by atoms with van der Waals surface area (Å²) in [5.41, 5.74) is 5.08. The number of amides is 2. The predicted molar refractivity (Wildman–Crippen MR) is 183 cm³/mol. The van der Waals surface area contributed by atoms with Gasteiger partial charge in [-0.3, -0.25) is 14.3 Å². The lowest BCUT2D eigenvalue weighted by molar-refractivity contribution is -0.132. The van der Waals surface area contributed by atoms with Crippen LogP contribution in [0.5, 0.6) is 11.5 Å². The summed E-state index contributed by atoms with van der Waals surface area (Å²) < 4.78 is 41.4. The van der Waals surface area contributed by atoms with Gasteiger partial charge in [0.2, 0.25) is 5.91 Å². The molecular formula is C37H41N3O6S. The molecule has 4 aromatic carbocycles. The molecule has 4 aromatic rings. The van der Waals surface area contributed by atoms with Crippen molar-refractivity contribution in [1.29, 1.82) is 0 Å². The number of aryl methyl sites for hydroxylation is 1. The van der Waals surface area contributed by atoms with Crippen LogP contribution in [0.4, 0.5) is 5.69 Å². The maximum Gasteiger partial charge on any atom is 0.265 e. The molecule has 0 heterocycles. The summed E-state index contributed by atoms with van der Waals surface area (Å²) in [6, 6.07) is 24.8. The fourth-order valence-electron chi connectivity index (χ4n) is 6.20. The predicted octanol–water partition coefficient (Wildman–Crippen LogP) is 6.20. The maximum absolute atomic E-state index is 13.9. The zero-order valence-corrected chi connectivity index (χ0v) is 28.4. The van der Waals surface area contributed by atoms with Crippen LogP contribution in [0.2, 0.25) is 0 Å². The molecule has 0 spiro atoms. The SMILES string of the molecule is COc1cccc(CC(=O)N(C)[C@@H]2c3cc(NS(=O)(=O)c4cc(-c5cccc(C(=O)N(C)C)c5)ccc4OC)ccc3CC[C@@H]2C)c1. The van der Waals surface area contributed by atoms with E-state index in [1.165, 1.54) is 12.0 Å². The molecule has 2 atom stereocenters. The van der Waals surface area contributed by atoms with Crippen LogP contribution in [-0.2, 0) is 27.7 Å². The Morgan fingerprint density at radius 3 is 2.34 bits per heavy atom. The van der Waals surface area contributed by atoms with Gasteiger partial charge in [0.1, 0.15) is 16.4 Å². The van der Waals surface area contributed by atoms with Crippen LogP contribution >= 0.6 is 0 Å². The normalized spacial score (nSPS) is 15.7. The Bertz CT molecular complexity index is 1910. The van der Waals surface area contributed by atoms with Crippen molar-refractivity contribution in [3.63, 3.8) is 0 Å². The first-order valence-electron chi connectivity index (χ1n) is 15.5. The van der Waals surface area contributed by atoms with E-state index in [0.29, 0.717) is 28.1 Å². The van der Waals surface area contributed by atoms with Crippen LogP contribution < -0.4 is 14.2 Å². The van der Waals surface area contributed by atoms with E-state index in [2.05, 4.69) is 11.6 Å². The smallest absolute Gasteiger partial charge is 0.265 e. The number of rotatable bonds is 10. The van der Waals surface area contributed by atoms with Crippen LogP contribution in [0.25, 0.3) is 11.1 Å². The molecule has 2 amide bonds. The molecule has 0 aliphatic heterocycles. The molecule has 0 radical (unpaired) electrons. The Hall–Kier alpha value is -4.83. The van der Waals surface area contributed by atoms with Gasteiger partial charge in [0.25, 0.3) is 15.9 Å². The standard InChI is InChI=1S/C37H41N3O6S/c1-24-13-14-26-15-17-30(23-32(26)36(24)40(4)35(41)20-25-9-7-12-31(19-25)45-5)38-47(43,44)34-22-28(16-18-33(34)46-6)27-10-8-11-29(21-27)37(42)39(2)3/h7-12,15-19,21-24,36,38H,13-14,20H2,1-6H3/t24-,36-/m0/s1. The highest BCUT2D eigenvalue weighted by atomic mass is 32.2. The number of methoxy groups -OCH3 is 2. The summed E-state index contributed by atoms with van der Waals surface area (Å²) >= 11 is 0. The molecule has 5 rings (SSSR count). The van der Waals surface area contributed by atoms with Gasteiger partial charge in [0.05, 0.1) is 26.7 Å². The van der Waals surface area contributed by atoms with Gasteiger partial charge in [-0.15, -0.1) is 0 Å². The summed E-state index contributed by atoms with van der Waals surface area (Å²) in [5.74, 6) is 0.866. The molecule has 10 heteroatoms. The number of hydrogen-bond donors (Lipinski definition) is 1. The van der Waals surface area contributed by atoms with E-state index in [0.717, 1.165) is 29.5 Å². The fraction of sp³-hybridized carbons (Fsp3) is 0.297. The van der Waals surface area contributed by atoms with Gasteiger partial charge in [0, 0.05) is 32.4 Å². The second-order valence-corrected chi connectivity index (χ2v) is 13.8. The molecule has 1 aliphatic carbocycles. The van der Waals surface area contributed by atoms with Crippen molar-refractivity contribution in [2.75, 3.05) is 40.1 Å². The quantitative estimate of drug-likeness (QED) is 0.218. The molecule has 47 heavy (non-hydrogen) atoms. The van der Waals surface area contributed by atoms with Crippen molar-refractivity contribution in [3.8, 4) is 22.6 Å². The second kappa shape index (κ2) is 13.9. The highest BCUT2D eigenvalue weighted by Gasteiger charge is 2.33. The minimum Gasteiger partial charge on any atom is -0.497 e. The fourth-order valence-corrected chi connectivity index (χ4v) is 7.45. The molecule has 1 N–H and O–H groups in total. The van der Waals surface area contributed by atoms with Gasteiger partial charge in [-0.1, -0.05) is 43.3 Å². The molecule has 0 unspecified atom stereocenters. The zero-order valence-electron chi connectivity index (χ0n) is 27.6. The average Bonchev–Trinajstić information content (AvgIpc) is 3.07. The van der Waals surface area contributed by atoms with Crippen molar-refractivity contribution in [2.24, 2.45) is 5.92 Å². The summed E-state index contributed by atoms with van der Waals surface area (Å²) in [5, 5.41) is 0. The largest absolute Gasteiger partial charge is 0.497 e. The van der Waals surface area contributed by atoms with Crippen molar-refractivity contribution in [3.05, 3.63) is 107 Å². The number of benzene rings is 4. The molecule has 0 bridgehead atoms. The highest BCUT2D eigenvalue weighted by molar-refractivity contribution is 7.92. The average molecular weight is 656 g/mol. The van der Waals surface area contributed by atoms with E-state index in [1.54, 1.807) is 68.6 Å². The van der Waals surface area contributed by atoms with Gasteiger partial charge in [-0.25, -0.2) is 8.42 Å². The molecule has 0 saturated carbocycles. The number of likely N-dealkylation sites (N-methyl/N-ethyl adjacent to an activating group) is 1. The van der Waals surface area contributed by atoms with E-state index >= 15 is 0 Å². The lowest BCUT2D eigenvalue weighted by Gasteiger charge is -2.38. The van der Waals surface area contributed by atoms with Gasteiger partial charge in [-0.05, 0) is 95.1 Å². The van der Waals surface area contributed by atoms with Crippen molar-refractivity contribution in [1.82, 2.24) is 9.80 Å². The number of sulfonamides is 1. The van der Waals surface area contributed by atoms with E-state index < -0.39 is 10.0 Å². The van der Waals surface area contributed by atoms with Crippen LogP contribution in [0.1, 0.15) is 46.4 Å². The third kappa shape index (κ3) is 7.28. The minimum absolute atomic E-state index is 0.0323. The number of nitrogens with one attached hydrogen (secondary N) is 1. The zero-order chi connectivity index (χ0) is 33.9. The first-order chi connectivity index (χ1) is 22.4. The lowest BCUT2D eigenvalue weighted by atomic mass is 9.79. The van der Waals surface area contributed by atoms with E-state index in [1.807, 2.05) is 49.5 Å². The van der Waals surface area contributed by atoms with Gasteiger partial charge >= 0.3 is 0 Å². The number of nitrogens with zero attached hydrogens (tertiary/aromatic N) is 2. The number of carbonyl (C=O) groups excluding carboxylic acids is 2. The van der Waals surface area contributed by atoms with Crippen molar-refractivity contribution in [2.45, 2.75) is 37.1 Å².